The summed E-state index contributed by atoms with van der Waals surface area (Å²) < 4.78 is 1.84. The van der Waals surface area contributed by atoms with E-state index in [-0.39, 0.29) is 0 Å². The molecule has 90 valence electrons. The van der Waals surface area contributed by atoms with E-state index in [1.807, 2.05) is 17.8 Å². The maximum absolute atomic E-state index is 11.6. The number of ketones is 1. The molecular formula is C13H22N2O. The lowest BCUT2D eigenvalue weighted by molar-refractivity contribution is -0.119. The largest absolute Gasteiger partial charge is 0.300 e. The molecule has 1 heterocycles. The highest BCUT2D eigenvalue weighted by Gasteiger charge is 2.04. The van der Waals surface area contributed by atoms with Gasteiger partial charge in [0.05, 0.1) is 0 Å². The van der Waals surface area contributed by atoms with Crippen LogP contribution in [0.25, 0.3) is 0 Å². The van der Waals surface area contributed by atoms with Gasteiger partial charge in [0.1, 0.15) is 5.78 Å². The van der Waals surface area contributed by atoms with E-state index in [4.69, 9.17) is 0 Å². The molecule has 1 aromatic heterocycles. The SMILES string of the molecule is CCCCCCC(=O)CCc1ccnn1C. The first-order chi connectivity index (χ1) is 7.74. The molecule has 0 fully saturated rings. The minimum Gasteiger partial charge on any atom is -0.300 e. The molecule has 0 aliphatic heterocycles. The van der Waals surface area contributed by atoms with Crippen molar-refractivity contribution in [3.05, 3.63) is 18.0 Å². The molecule has 0 N–H and O–H groups in total. The number of aromatic nitrogens is 2. The number of carbonyl (C=O) groups is 1. The molecule has 0 saturated carbocycles. The van der Waals surface area contributed by atoms with Gasteiger partial charge >= 0.3 is 0 Å². The Morgan fingerprint density at radius 3 is 2.75 bits per heavy atom. The van der Waals surface area contributed by atoms with E-state index >= 15 is 0 Å². The summed E-state index contributed by atoms with van der Waals surface area (Å²) in [6.45, 7) is 2.18. The zero-order valence-electron chi connectivity index (χ0n) is 10.4. The molecule has 1 rings (SSSR count). The van der Waals surface area contributed by atoms with Crippen LogP contribution < -0.4 is 0 Å². The Bertz CT molecular complexity index is 317. The number of hydrogen-bond donors (Lipinski definition) is 0. The van der Waals surface area contributed by atoms with E-state index < -0.39 is 0 Å². The number of aryl methyl sites for hydroxylation is 2. The zero-order valence-corrected chi connectivity index (χ0v) is 10.4. The van der Waals surface area contributed by atoms with Crippen LogP contribution in [0.1, 0.15) is 51.1 Å². The molecule has 0 bridgehead atoms. The van der Waals surface area contributed by atoms with Crippen LogP contribution in [0.2, 0.25) is 0 Å². The van der Waals surface area contributed by atoms with Crippen LogP contribution in [0.5, 0.6) is 0 Å². The van der Waals surface area contributed by atoms with Gasteiger partial charge in [0.15, 0.2) is 0 Å². The van der Waals surface area contributed by atoms with Crippen LogP contribution >= 0.6 is 0 Å². The number of carbonyl (C=O) groups excluding carboxylic acids is 1. The van der Waals surface area contributed by atoms with Gasteiger partial charge in [-0.1, -0.05) is 26.2 Å². The Morgan fingerprint density at radius 1 is 1.31 bits per heavy atom. The van der Waals surface area contributed by atoms with Crippen molar-refractivity contribution in [3.63, 3.8) is 0 Å². The van der Waals surface area contributed by atoms with Crippen molar-refractivity contribution in [1.82, 2.24) is 9.78 Å². The first-order valence-corrected chi connectivity index (χ1v) is 6.22. The summed E-state index contributed by atoms with van der Waals surface area (Å²) in [4.78, 5) is 11.6. The van der Waals surface area contributed by atoms with Crippen molar-refractivity contribution in [2.45, 2.75) is 51.9 Å². The molecular weight excluding hydrogens is 200 g/mol. The first kappa shape index (κ1) is 12.9. The monoisotopic (exact) mass is 222 g/mol. The van der Waals surface area contributed by atoms with Gasteiger partial charge in [0.25, 0.3) is 0 Å². The van der Waals surface area contributed by atoms with Gasteiger partial charge in [-0.05, 0) is 18.9 Å². The van der Waals surface area contributed by atoms with E-state index in [0.717, 1.165) is 25.0 Å². The van der Waals surface area contributed by atoms with Crippen LogP contribution in [-0.4, -0.2) is 15.6 Å². The van der Waals surface area contributed by atoms with Gasteiger partial charge in [0, 0.05) is 31.8 Å². The van der Waals surface area contributed by atoms with Gasteiger partial charge in [-0.3, -0.25) is 9.48 Å². The van der Waals surface area contributed by atoms with Crippen LogP contribution in [0, 0.1) is 0 Å². The number of rotatable bonds is 8. The van der Waals surface area contributed by atoms with Crippen molar-refractivity contribution < 1.29 is 4.79 Å². The fourth-order valence-corrected chi connectivity index (χ4v) is 1.79. The predicted molar refractivity (Wildman–Crippen MR) is 65.3 cm³/mol. The molecule has 0 amide bonds. The highest BCUT2D eigenvalue weighted by molar-refractivity contribution is 5.78. The van der Waals surface area contributed by atoms with Crippen molar-refractivity contribution in [3.8, 4) is 0 Å². The zero-order chi connectivity index (χ0) is 11.8. The van der Waals surface area contributed by atoms with E-state index in [9.17, 15) is 4.79 Å². The van der Waals surface area contributed by atoms with Crippen LogP contribution in [-0.2, 0) is 18.3 Å². The summed E-state index contributed by atoms with van der Waals surface area (Å²) in [5, 5.41) is 4.09. The molecule has 0 spiro atoms. The quantitative estimate of drug-likeness (QED) is 0.634. The Morgan fingerprint density at radius 2 is 2.12 bits per heavy atom. The lowest BCUT2D eigenvalue weighted by Gasteiger charge is -2.02. The second-order valence-electron chi connectivity index (χ2n) is 4.30. The second kappa shape index (κ2) is 7.20. The van der Waals surface area contributed by atoms with E-state index in [0.29, 0.717) is 12.2 Å². The fraction of sp³-hybridized carbons (Fsp3) is 0.692. The summed E-state index contributed by atoms with van der Waals surface area (Å²) in [6.07, 6.45) is 8.72. The average molecular weight is 222 g/mol. The van der Waals surface area contributed by atoms with Crippen LogP contribution in [0.4, 0.5) is 0 Å². The average Bonchev–Trinajstić information content (AvgIpc) is 2.67. The molecule has 0 aromatic carbocycles. The van der Waals surface area contributed by atoms with Crippen LogP contribution in [0.15, 0.2) is 12.3 Å². The van der Waals surface area contributed by atoms with Crippen molar-refractivity contribution >= 4 is 5.78 Å². The standard InChI is InChI=1S/C13H22N2O/c1-3-4-5-6-7-13(16)9-8-12-10-11-14-15(12)2/h10-11H,3-9H2,1-2H3. The van der Waals surface area contributed by atoms with E-state index in [2.05, 4.69) is 12.0 Å². The molecule has 16 heavy (non-hydrogen) atoms. The molecule has 3 heteroatoms. The topological polar surface area (TPSA) is 34.9 Å². The van der Waals surface area contributed by atoms with Gasteiger partial charge in [-0.25, -0.2) is 0 Å². The molecule has 0 atom stereocenters. The van der Waals surface area contributed by atoms with Gasteiger partial charge in [0.2, 0.25) is 0 Å². The third kappa shape index (κ3) is 4.60. The lowest BCUT2D eigenvalue weighted by atomic mass is 10.1. The summed E-state index contributed by atoms with van der Waals surface area (Å²) in [7, 11) is 1.92. The number of hydrogen-bond acceptors (Lipinski definition) is 2. The van der Waals surface area contributed by atoms with Crippen molar-refractivity contribution in [2.75, 3.05) is 0 Å². The van der Waals surface area contributed by atoms with Crippen molar-refractivity contribution in [2.24, 2.45) is 7.05 Å². The summed E-state index contributed by atoms with van der Waals surface area (Å²) in [6, 6.07) is 1.98. The third-order valence-corrected chi connectivity index (χ3v) is 2.89. The fourth-order valence-electron chi connectivity index (χ4n) is 1.79. The van der Waals surface area contributed by atoms with Gasteiger partial charge < -0.3 is 0 Å². The maximum Gasteiger partial charge on any atom is 0.133 e. The second-order valence-corrected chi connectivity index (χ2v) is 4.30. The predicted octanol–water partition coefficient (Wildman–Crippen LogP) is 2.89. The Kier molecular flexibility index (Phi) is 5.83. The smallest absolute Gasteiger partial charge is 0.133 e. The number of unbranched alkanes of at least 4 members (excludes halogenated alkanes) is 3. The summed E-state index contributed by atoms with van der Waals surface area (Å²) in [5.41, 5.74) is 1.14. The minimum atomic E-state index is 0.386. The highest BCUT2D eigenvalue weighted by atomic mass is 16.1. The van der Waals surface area contributed by atoms with E-state index in [1.54, 1.807) is 6.20 Å². The summed E-state index contributed by atoms with van der Waals surface area (Å²) in [5.74, 6) is 0.386. The van der Waals surface area contributed by atoms with E-state index in [1.165, 1.54) is 19.3 Å². The highest BCUT2D eigenvalue weighted by Crippen LogP contribution is 2.07. The van der Waals surface area contributed by atoms with Gasteiger partial charge in [-0.15, -0.1) is 0 Å². The summed E-state index contributed by atoms with van der Waals surface area (Å²) >= 11 is 0. The number of nitrogens with zero attached hydrogens (tertiary/aromatic N) is 2. The van der Waals surface area contributed by atoms with Crippen molar-refractivity contribution in [1.29, 1.82) is 0 Å². The molecule has 3 nitrogen and oxygen atoms in total. The Labute approximate surface area is 97.8 Å². The number of Topliss-reactive ketones (excluding diaryl/α,β-unsaturated/α-hetero) is 1. The lowest BCUT2D eigenvalue weighted by Crippen LogP contribution is -2.04. The third-order valence-electron chi connectivity index (χ3n) is 2.89. The molecule has 0 aliphatic rings. The normalized spacial score (nSPS) is 10.6. The minimum absolute atomic E-state index is 0.386. The van der Waals surface area contributed by atoms with Crippen LogP contribution in [0.3, 0.4) is 0 Å². The maximum atomic E-state index is 11.6. The molecule has 0 saturated heterocycles. The molecule has 0 aliphatic carbocycles. The Balaban J connectivity index is 2.13. The Hall–Kier alpha value is -1.12. The molecule has 0 unspecified atom stereocenters. The van der Waals surface area contributed by atoms with Gasteiger partial charge in [-0.2, -0.15) is 5.10 Å². The molecule has 0 radical (unpaired) electrons. The first-order valence-electron chi connectivity index (χ1n) is 6.22. The molecule has 1 aromatic rings.